The summed E-state index contributed by atoms with van der Waals surface area (Å²) >= 11 is 0. The number of amides is 1. The number of hydrogen-bond donors (Lipinski definition) is 2. The summed E-state index contributed by atoms with van der Waals surface area (Å²) in [4.78, 5) is 16.4. The van der Waals surface area contributed by atoms with E-state index in [0.29, 0.717) is 19.0 Å². The van der Waals surface area contributed by atoms with Crippen LogP contribution in [0.2, 0.25) is 0 Å². The first-order valence-electron chi connectivity index (χ1n) is 11.3. The number of carbonyl (C=O) groups is 1. The highest BCUT2D eigenvalue weighted by Gasteiger charge is 2.21. The number of nitrogens with one attached hydrogen (secondary N) is 1. The van der Waals surface area contributed by atoms with Crippen LogP contribution in [0.15, 0.2) is 59.6 Å². The molecule has 34 heavy (non-hydrogen) atoms. The summed E-state index contributed by atoms with van der Waals surface area (Å²) in [5, 5.41) is 16.5. The van der Waals surface area contributed by atoms with Crippen LogP contribution in [0.25, 0.3) is 0 Å². The summed E-state index contributed by atoms with van der Waals surface area (Å²) in [6, 6.07) is 14.8. The number of aryl methyl sites for hydroxylation is 1. The predicted octanol–water partition coefficient (Wildman–Crippen LogP) is 1.92. The summed E-state index contributed by atoms with van der Waals surface area (Å²) in [6.45, 7) is 6.07. The van der Waals surface area contributed by atoms with Gasteiger partial charge < -0.3 is 5.32 Å². The summed E-state index contributed by atoms with van der Waals surface area (Å²) in [6.07, 6.45) is 3.54. The predicted molar refractivity (Wildman–Crippen MR) is 128 cm³/mol. The number of likely N-dealkylation sites (tertiary alicyclic amines) is 1. The number of rotatable bonds is 8. The Morgan fingerprint density at radius 2 is 1.82 bits per heavy atom. The Labute approximate surface area is 200 Å². The van der Waals surface area contributed by atoms with E-state index in [4.69, 9.17) is 5.14 Å². The highest BCUT2D eigenvalue weighted by molar-refractivity contribution is 7.89. The van der Waals surface area contributed by atoms with Crippen molar-refractivity contribution in [2.75, 3.05) is 19.6 Å². The van der Waals surface area contributed by atoms with Gasteiger partial charge in [-0.2, -0.15) is 9.90 Å². The Morgan fingerprint density at radius 3 is 2.50 bits per heavy atom. The number of sulfonamides is 1. The molecule has 1 amide bonds. The molecule has 1 aliphatic heterocycles. The molecule has 0 saturated carbocycles. The maximum atomic E-state index is 12.5. The average Bonchev–Trinajstić information content (AvgIpc) is 3.27. The van der Waals surface area contributed by atoms with Gasteiger partial charge in [0.1, 0.15) is 0 Å². The lowest BCUT2D eigenvalue weighted by Gasteiger charge is -2.32. The van der Waals surface area contributed by atoms with Crippen LogP contribution in [0.3, 0.4) is 0 Å². The largest absolute Gasteiger partial charge is 0.350 e. The van der Waals surface area contributed by atoms with Gasteiger partial charge in [0.25, 0.3) is 5.91 Å². The smallest absolute Gasteiger partial charge is 0.273 e. The van der Waals surface area contributed by atoms with E-state index in [1.165, 1.54) is 34.3 Å². The number of nitrogens with zero attached hydrogens (tertiary/aromatic N) is 4. The molecule has 1 aliphatic rings. The fourth-order valence-corrected chi connectivity index (χ4v) is 4.69. The van der Waals surface area contributed by atoms with E-state index < -0.39 is 10.0 Å². The summed E-state index contributed by atoms with van der Waals surface area (Å²) < 4.78 is 22.7. The molecule has 10 heteroatoms. The third kappa shape index (κ3) is 6.49. The molecule has 0 spiro atoms. The lowest BCUT2D eigenvalue weighted by atomic mass is 9.96. The van der Waals surface area contributed by atoms with Gasteiger partial charge in [0, 0.05) is 13.1 Å². The van der Waals surface area contributed by atoms with Gasteiger partial charge in [-0.1, -0.05) is 42.0 Å². The van der Waals surface area contributed by atoms with E-state index in [1.807, 2.05) is 0 Å². The quantitative estimate of drug-likeness (QED) is 0.506. The number of piperidine rings is 1. The number of aromatic nitrogens is 3. The number of hydrogen-bond acceptors (Lipinski definition) is 6. The molecule has 1 fully saturated rings. The molecule has 3 aromatic rings. The van der Waals surface area contributed by atoms with Crippen molar-refractivity contribution in [1.82, 2.24) is 25.2 Å². The lowest BCUT2D eigenvalue weighted by Crippen LogP contribution is -2.38. The van der Waals surface area contributed by atoms with Crippen LogP contribution in [0, 0.1) is 12.8 Å². The number of benzene rings is 2. The molecular formula is C24H30N6O3S. The highest BCUT2D eigenvalue weighted by Crippen LogP contribution is 2.19. The Hall–Kier alpha value is -3.08. The number of carbonyl (C=O) groups excluding carboxylic acids is 1. The molecule has 0 atom stereocenters. The maximum Gasteiger partial charge on any atom is 0.273 e. The van der Waals surface area contributed by atoms with Crippen molar-refractivity contribution in [1.29, 1.82) is 0 Å². The Bertz CT molecular complexity index is 1230. The van der Waals surface area contributed by atoms with Gasteiger partial charge in [-0.05, 0) is 62.0 Å². The van der Waals surface area contributed by atoms with E-state index in [9.17, 15) is 13.2 Å². The van der Waals surface area contributed by atoms with Gasteiger partial charge in [-0.25, -0.2) is 13.6 Å². The maximum absolute atomic E-state index is 12.5. The lowest BCUT2D eigenvalue weighted by molar-refractivity contribution is 0.0929. The molecule has 2 heterocycles. The van der Waals surface area contributed by atoms with Crippen LogP contribution < -0.4 is 10.5 Å². The molecular weight excluding hydrogens is 452 g/mol. The van der Waals surface area contributed by atoms with E-state index >= 15 is 0 Å². The van der Waals surface area contributed by atoms with Crippen LogP contribution in [0.1, 0.15) is 40.0 Å². The second-order valence-corrected chi connectivity index (χ2v) is 10.4. The first-order chi connectivity index (χ1) is 16.3. The molecule has 1 saturated heterocycles. The fraction of sp³-hybridized carbons (Fsp3) is 0.375. The fourth-order valence-electron chi connectivity index (χ4n) is 4.17. The summed E-state index contributed by atoms with van der Waals surface area (Å²) in [5.41, 5.74) is 3.69. The molecule has 4 rings (SSSR count). The minimum Gasteiger partial charge on any atom is -0.350 e. The first-order valence-corrected chi connectivity index (χ1v) is 12.9. The molecule has 3 N–H and O–H groups in total. The highest BCUT2D eigenvalue weighted by atomic mass is 32.2. The van der Waals surface area contributed by atoms with E-state index in [1.54, 1.807) is 12.1 Å². The van der Waals surface area contributed by atoms with Gasteiger partial charge in [0.2, 0.25) is 10.0 Å². The molecule has 0 unspecified atom stereocenters. The van der Waals surface area contributed by atoms with Crippen LogP contribution in [-0.4, -0.2) is 53.9 Å². The standard InChI is InChI=1S/C24H30N6O3S/c1-18-3-2-4-21(13-18)16-29-11-9-19(10-12-29)14-26-24(31)23-15-27-30(28-23)17-20-5-7-22(8-6-20)34(25,32)33/h2-8,13,15,19H,9-12,14,16-17H2,1H3,(H,26,31)(H2,25,32,33). The van der Waals surface area contributed by atoms with Crippen molar-refractivity contribution < 1.29 is 13.2 Å². The zero-order valence-corrected chi connectivity index (χ0v) is 20.0. The van der Waals surface area contributed by atoms with E-state index in [0.717, 1.165) is 38.0 Å². The molecule has 0 radical (unpaired) electrons. The molecule has 180 valence electrons. The van der Waals surface area contributed by atoms with Crippen molar-refractivity contribution in [3.05, 3.63) is 77.1 Å². The van der Waals surface area contributed by atoms with Crippen molar-refractivity contribution in [2.24, 2.45) is 11.1 Å². The normalized spacial score (nSPS) is 15.4. The number of primary sulfonamides is 1. The molecule has 0 aliphatic carbocycles. The average molecular weight is 483 g/mol. The van der Waals surface area contributed by atoms with Gasteiger partial charge in [-0.3, -0.25) is 9.69 Å². The Balaban J connectivity index is 1.22. The van der Waals surface area contributed by atoms with Crippen LogP contribution in [-0.2, 0) is 23.1 Å². The van der Waals surface area contributed by atoms with E-state index in [-0.39, 0.29) is 16.5 Å². The summed E-state index contributed by atoms with van der Waals surface area (Å²) in [5.74, 6) is 0.211. The SMILES string of the molecule is Cc1cccc(CN2CCC(CNC(=O)c3cnn(Cc4ccc(S(N)(=O)=O)cc4)n3)CC2)c1. The second kappa shape index (κ2) is 10.5. The van der Waals surface area contributed by atoms with Crippen molar-refractivity contribution >= 4 is 15.9 Å². The van der Waals surface area contributed by atoms with Crippen molar-refractivity contribution in [2.45, 2.75) is 37.8 Å². The zero-order chi connectivity index (χ0) is 24.1. The van der Waals surface area contributed by atoms with Gasteiger partial charge in [-0.15, -0.1) is 5.10 Å². The van der Waals surface area contributed by atoms with Gasteiger partial charge in [0.15, 0.2) is 5.69 Å². The monoisotopic (exact) mass is 482 g/mol. The first kappa shape index (κ1) is 24.1. The van der Waals surface area contributed by atoms with Crippen molar-refractivity contribution in [3.63, 3.8) is 0 Å². The Morgan fingerprint density at radius 1 is 1.09 bits per heavy atom. The second-order valence-electron chi connectivity index (χ2n) is 8.87. The third-order valence-electron chi connectivity index (χ3n) is 6.09. The zero-order valence-electron chi connectivity index (χ0n) is 19.2. The van der Waals surface area contributed by atoms with Gasteiger partial charge >= 0.3 is 0 Å². The molecule has 9 nitrogen and oxygen atoms in total. The minimum absolute atomic E-state index is 0.0470. The molecule has 1 aromatic heterocycles. The van der Waals surface area contributed by atoms with Crippen molar-refractivity contribution in [3.8, 4) is 0 Å². The van der Waals surface area contributed by atoms with Gasteiger partial charge in [0.05, 0.1) is 17.6 Å². The third-order valence-corrected chi connectivity index (χ3v) is 7.02. The molecule has 2 aromatic carbocycles. The van der Waals surface area contributed by atoms with Crippen LogP contribution in [0.5, 0.6) is 0 Å². The van der Waals surface area contributed by atoms with Crippen LogP contribution >= 0.6 is 0 Å². The Kier molecular flexibility index (Phi) is 7.40. The van der Waals surface area contributed by atoms with E-state index in [2.05, 4.69) is 51.6 Å². The summed E-state index contributed by atoms with van der Waals surface area (Å²) in [7, 11) is -3.73. The topological polar surface area (TPSA) is 123 Å². The van der Waals surface area contributed by atoms with Crippen LogP contribution in [0.4, 0.5) is 0 Å². The minimum atomic E-state index is -3.73. The number of nitrogens with two attached hydrogens (primary N) is 1. The molecule has 0 bridgehead atoms.